The van der Waals surface area contributed by atoms with E-state index in [9.17, 15) is 9.59 Å². The quantitative estimate of drug-likeness (QED) is 0.753. The summed E-state index contributed by atoms with van der Waals surface area (Å²) in [5.74, 6) is 0.744. The van der Waals surface area contributed by atoms with Crippen LogP contribution >= 0.6 is 0 Å². The van der Waals surface area contributed by atoms with Crippen molar-refractivity contribution in [2.24, 2.45) is 5.92 Å². The zero-order chi connectivity index (χ0) is 18.5. The van der Waals surface area contributed by atoms with Crippen molar-refractivity contribution in [2.45, 2.75) is 32.8 Å². The number of ether oxygens (including phenoxy) is 1. The number of benzene rings is 1. The first-order chi connectivity index (χ1) is 12.5. The Morgan fingerprint density at radius 1 is 1.38 bits per heavy atom. The summed E-state index contributed by atoms with van der Waals surface area (Å²) < 4.78 is 5.61. The molecule has 26 heavy (non-hydrogen) atoms. The summed E-state index contributed by atoms with van der Waals surface area (Å²) in [7, 11) is 0. The molecule has 1 fully saturated rings. The molecule has 138 valence electrons. The molecular formula is C17H22N6O3. The van der Waals surface area contributed by atoms with E-state index in [0.717, 1.165) is 11.4 Å². The van der Waals surface area contributed by atoms with Crippen LogP contribution in [-0.2, 0) is 16.0 Å². The van der Waals surface area contributed by atoms with Crippen LogP contribution in [0.1, 0.15) is 26.1 Å². The van der Waals surface area contributed by atoms with Gasteiger partial charge in [0.25, 0.3) is 0 Å². The average Bonchev–Trinajstić information content (AvgIpc) is 3.25. The molecule has 1 aliphatic rings. The van der Waals surface area contributed by atoms with E-state index in [2.05, 4.69) is 25.9 Å². The van der Waals surface area contributed by atoms with Crippen molar-refractivity contribution in [1.82, 2.24) is 25.9 Å². The average molecular weight is 358 g/mol. The Balaban J connectivity index is 1.53. The van der Waals surface area contributed by atoms with E-state index >= 15 is 0 Å². The van der Waals surface area contributed by atoms with E-state index in [1.807, 2.05) is 38.1 Å². The predicted octanol–water partition coefficient (Wildman–Crippen LogP) is 0.699. The molecule has 2 amide bonds. The number of carbonyl (C=O) groups excluding carboxylic acids is 2. The molecule has 2 N–H and O–H groups in total. The fourth-order valence-corrected chi connectivity index (χ4v) is 2.84. The van der Waals surface area contributed by atoms with Crippen LogP contribution in [0.2, 0.25) is 0 Å². The van der Waals surface area contributed by atoms with Gasteiger partial charge in [0, 0.05) is 31.6 Å². The lowest BCUT2D eigenvalue weighted by atomic mass is 10.1. The largest absolute Gasteiger partial charge is 0.491 e. The molecule has 0 aliphatic carbocycles. The molecule has 2 aromatic rings. The summed E-state index contributed by atoms with van der Waals surface area (Å²) in [4.78, 5) is 26.2. The fourth-order valence-electron chi connectivity index (χ4n) is 2.84. The number of anilines is 1. The van der Waals surface area contributed by atoms with Gasteiger partial charge in [0.1, 0.15) is 5.75 Å². The molecule has 1 atom stereocenters. The molecule has 0 bridgehead atoms. The first-order valence-electron chi connectivity index (χ1n) is 8.60. The minimum atomic E-state index is -0.362. The van der Waals surface area contributed by atoms with Crippen LogP contribution < -0.4 is 15.0 Å². The van der Waals surface area contributed by atoms with Crippen LogP contribution in [0.15, 0.2) is 24.3 Å². The molecule has 9 heteroatoms. The maximum Gasteiger partial charge on any atom is 0.227 e. The maximum absolute atomic E-state index is 12.3. The lowest BCUT2D eigenvalue weighted by Crippen LogP contribution is -2.34. The van der Waals surface area contributed by atoms with E-state index in [-0.39, 0.29) is 30.3 Å². The van der Waals surface area contributed by atoms with Gasteiger partial charge in [-0.2, -0.15) is 5.21 Å². The lowest BCUT2D eigenvalue weighted by Gasteiger charge is -2.17. The van der Waals surface area contributed by atoms with Gasteiger partial charge < -0.3 is 15.0 Å². The van der Waals surface area contributed by atoms with E-state index in [1.165, 1.54) is 0 Å². The van der Waals surface area contributed by atoms with Crippen LogP contribution in [0.25, 0.3) is 0 Å². The summed E-state index contributed by atoms with van der Waals surface area (Å²) in [6, 6.07) is 7.35. The third-order valence-corrected chi connectivity index (χ3v) is 4.05. The number of amides is 2. The molecule has 1 saturated heterocycles. The Labute approximate surface area is 151 Å². The highest BCUT2D eigenvalue weighted by Crippen LogP contribution is 2.27. The molecular weight excluding hydrogens is 336 g/mol. The highest BCUT2D eigenvalue weighted by Gasteiger charge is 2.34. The molecule has 1 aliphatic heterocycles. The van der Waals surface area contributed by atoms with Crippen molar-refractivity contribution < 1.29 is 14.3 Å². The molecule has 1 aromatic heterocycles. The van der Waals surface area contributed by atoms with E-state index in [1.54, 1.807) is 4.90 Å². The number of aromatic nitrogens is 4. The Kier molecular flexibility index (Phi) is 5.45. The van der Waals surface area contributed by atoms with Gasteiger partial charge in [-0.1, -0.05) is 5.21 Å². The lowest BCUT2D eigenvalue weighted by molar-refractivity contribution is -0.126. The van der Waals surface area contributed by atoms with Crippen LogP contribution in [0, 0.1) is 5.92 Å². The van der Waals surface area contributed by atoms with Gasteiger partial charge in [0.05, 0.1) is 12.0 Å². The van der Waals surface area contributed by atoms with Crippen molar-refractivity contribution in [1.29, 1.82) is 0 Å². The van der Waals surface area contributed by atoms with Crippen LogP contribution in [0.5, 0.6) is 5.75 Å². The summed E-state index contributed by atoms with van der Waals surface area (Å²) in [5, 5.41) is 16.3. The number of H-pyrrole nitrogens is 1. The Hall–Kier alpha value is -2.97. The zero-order valence-corrected chi connectivity index (χ0v) is 14.8. The molecule has 3 rings (SSSR count). The summed E-state index contributed by atoms with van der Waals surface area (Å²) >= 11 is 0. The Morgan fingerprint density at radius 2 is 2.15 bits per heavy atom. The molecule has 0 unspecified atom stereocenters. The fraction of sp³-hybridized carbons (Fsp3) is 0.471. The third kappa shape index (κ3) is 4.35. The Morgan fingerprint density at radius 3 is 2.81 bits per heavy atom. The van der Waals surface area contributed by atoms with Crippen molar-refractivity contribution in [3.05, 3.63) is 30.1 Å². The molecule has 0 spiro atoms. The topological polar surface area (TPSA) is 113 Å². The predicted molar refractivity (Wildman–Crippen MR) is 93.6 cm³/mol. The smallest absolute Gasteiger partial charge is 0.227 e. The number of carbonyl (C=O) groups is 2. The van der Waals surface area contributed by atoms with E-state index < -0.39 is 0 Å². The molecule has 0 saturated carbocycles. The van der Waals surface area contributed by atoms with Crippen molar-refractivity contribution in [2.75, 3.05) is 18.0 Å². The molecule has 2 heterocycles. The first-order valence-corrected chi connectivity index (χ1v) is 8.60. The standard InChI is InChI=1S/C17H22N6O3/c1-11(2)26-14-5-3-13(4-6-14)23-10-12(9-16(23)24)17(25)18-8-7-15-19-21-22-20-15/h3-6,11-12H,7-10H2,1-2H3,(H,18,25)(H,19,20,21,22)/t12-/m1/s1. The van der Waals surface area contributed by atoms with Gasteiger partial charge in [-0.3, -0.25) is 9.59 Å². The van der Waals surface area contributed by atoms with Gasteiger partial charge in [-0.05, 0) is 38.1 Å². The van der Waals surface area contributed by atoms with Gasteiger partial charge >= 0.3 is 0 Å². The van der Waals surface area contributed by atoms with Gasteiger partial charge in [-0.15, -0.1) is 10.2 Å². The highest BCUT2D eigenvalue weighted by molar-refractivity contribution is 6.00. The van der Waals surface area contributed by atoms with Gasteiger partial charge in [-0.25, -0.2) is 0 Å². The van der Waals surface area contributed by atoms with E-state index in [4.69, 9.17) is 4.74 Å². The van der Waals surface area contributed by atoms with Crippen LogP contribution in [-0.4, -0.2) is 51.6 Å². The maximum atomic E-state index is 12.3. The number of hydrogen-bond donors (Lipinski definition) is 2. The summed E-state index contributed by atoms with van der Waals surface area (Å²) in [6.07, 6.45) is 0.789. The molecule has 1 aromatic carbocycles. The third-order valence-electron chi connectivity index (χ3n) is 4.05. The molecule has 9 nitrogen and oxygen atoms in total. The first kappa shape index (κ1) is 17.8. The summed E-state index contributed by atoms with van der Waals surface area (Å²) in [6.45, 7) is 4.70. The Bertz CT molecular complexity index is 744. The monoisotopic (exact) mass is 358 g/mol. The van der Waals surface area contributed by atoms with E-state index in [0.29, 0.717) is 25.3 Å². The second-order valence-electron chi connectivity index (χ2n) is 6.43. The SMILES string of the molecule is CC(C)Oc1ccc(N2C[C@H](C(=O)NCCc3nn[nH]n3)CC2=O)cc1. The normalized spacial score (nSPS) is 17.0. The molecule has 0 radical (unpaired) electrons. The van der Waals surface area contributed by atoms with Gasteiger partial charge in [0.2, 0.25) is 11.8 Å². The minimum Gasteiger partial charge on any atom is -0.491 e. The number of hydrogen-bond acceptors (Lipinski definition) is 6. The second-order valence-corrected chi connectivity index (χ2v) is 6.43. The number of nitrogens with one attached hydrogen (secondary N) is 2. The van der Waals surface area contributed by atoms with Crippen molar-refractivity contribution >= 4 is 17.5 Å². The summed E-state index contributed by atoms with van der Waals surface area (Å²) in [5.41, 5.74) is 0.771. The number of tetrazole rings is 1. The van der Waals surface area contributed by atoms with Crippen LogP contribution in [0.3, 0.4) is 0 Å². The van der Waals surface area contributed by atoms with Crippen molar-refractivity contribution in [3.63, 3.8) is 0 Å². The number of nitrogens with zero attached hydrogens (tertiary/aromatic N) is 4. The second kappa shape index (κ2) is 7.94. The van der Waals surface area contributed by atoms with Crippen LogP contribution in [0.4, 0.5) is 5.69 Å². The highest BCUT2D eigenvalue weighted by atomic mass is 16.5. The number of aromatic amines is 1. The van der Waals surface area contributed by atoms with Gasteiger partial charge in [0.15, 0.2) is 5.82 Å². The minimum absolute atomic E-state index is 0.0548. The number of rotatable bonds is 7. The zero-order valence-electron chi connectivity index (χ0n) is 14.8. The van der Waals surface area contributed by atoms with Crippen molar-refractivity contribution in [3.8, 4) is 5.75 Å².